The summed E-state index contributed by atoms with van der Waals surface area (Å²) >= 11 is 0. The van der Waals surface area contributed by atoms with Crippen molar-refractivity contribution in [3.8, 4) is 0 Å². The number of aliphatic hydroxyl groups is 1. The van der Waals surface area contributed by atoms with Gasteiger partial charge in [0.15, 0.2) is 0 Å². The van der Waals surface area contributed by atoms with Crippen LogP contribution >= 0.6 is 0 Å². The molecule has 0 aromatic carbocycles. The number of aromatic nitrogens is 2. The van der Waals surface area contributed by atoms with E-state index in [-0.39, 0.29) is 18.4 Å². The van der Waals surface area contributed by atoms with E-state index in [1.807, 2.05) is 32.0 Å². The molecule has 6 heteroatoms. The van der Waals surface area contributed by atoms with Gasteiger partial charge < -0.3 is 14.9 Å². The topological polar surface area (TPSA) is 61.6 Å². The summed E-state index contributed by atoms with van der Waals surface area (Å²) in [4.78, 5) is 16.5. The molecule has 0 aliphatic carbocycles. The van der Waals surface area contributed by atoms with Crippen molar-refractivity contribution < 1.29 is 9.90 Å². The van der Waals surface area contributed by atoms with E-state index in [9.17, 15) is 9.90 Å². The first kappa shape index (κ1) is 15.0. The Bertz CT molecular complexity index is 484. The maximum atomic E-state index is 12.5. The van der Waals surface area contributed by atoms with Gasteiger partial charge in [0.05, 0.1) is 5.69 Å². The minimum Gasteiger partial charge on any atom is -0.396 e. The van der Waals surface area contributed by atoms with Crippen molar-refractivity contribution in [2.75, 3.05) is 40.3 Å². The highest BCUT2D eigenvalue weighted by Crippen LogP contribution is 2.25. The molecular formula is C14H24N4O2. The number of nitrogens with zero attached hydrogens (tertiary/aromatic N) is 4. The molecule has 112 valence electrons. The summed E-state index contributed by atoms with van der Waals surface area (Å²) in [7, 11) is 5.82. The highest BCUT2D eigenvalue weighted by molar-refractivity contribution is 5.92. The van der Waals surface area contributed by atoms with Crippen molar-refractivity contribution in [2.24, 2.45) is 18.9 Å². The zero-order valence-electron chi connectivity index (χ0n) is 12.7. The summed E-state index contributed by atoms with van der Waals surface area (Å²) in [5.41, 5.74) is 1.46. The molecule has 1 N–H and O–H groups in total. The molecule has 1 saturated heterocycles. The SMILES string of the molecule is Cc1cc(C(=O)N2C[C@@H](CN(C)C)[C@@H](CO)C2)n(C)n1. The van der Waals surface area contributed by atoms with E-state index < -0.39 is 0 Å². The third-order valence-corrected chi connectivity index (χ3v) is 3.92. The van der Waals surface area contributed by atoms with Crippen LogP contribution in [0.1, 0.15) is 16.2 Å². The van der Waals surface area contributed by atoms with Crippen LogP contribution in [-0.2, 0) is 7.05 Å². The fourth-order valence-electron chi connectivity index (χ4n) is 2.96. The lowest BCUT2D eigenvalue weighted by Crippen LogP contribution is -2.31. The highest BCUT2D eigenvalue weighted by atomic mass is 16.3. The number of rotatable bonds is 4. The molecule has 2 rings (SSSR count). The average Bonchev–Trinajstić information content (AvgIpc) is 2.91. The first-order chi connectivity index (χ1) is 9.42. The van der Waals surface area contributed by atoms with Gasteiger partial charge in [-0.2, -0.15) is 5.10 Å². The van der Waals surface area contributed by atoms with Gasteiger partial charge >= 0.3 is 0 Å². The van der Waals surface area contributed by atoms with Gasteiger partial charge in [-0.15, -0.1) is 0 Å². The smallest absolute Gasteiger partial charge is 0.272 e. The van der Waals surface area contributed by atoms with E-state index in [2.05, 4.69) is 10.00 Å². The quantitative estimate of drug-likeness (QED) is 0.841. The Labute approximate surface area is 120 Å². The second kappa shape index (κ2) is 5.93. The Balaban J connectivity index is 2.10. The highest BCUT2D eigenvalue weighted by Gasteiger charge is 2.36. The third-order valence-electron chi connectivity index (χ3n) is 3.92. The molecule has 1 amide bonds. The lowest BCUT2D eigenvalue weighted by molar-refractivity contribution is 0.0768. The number of hydrogen-bond donors (Lipinski definition) is 1. The Hall–Kier alpha value is -1.40. The summed E-state index contributed by atoms with van der Waals surface area (Å²) in [6.07, 6.45) is 0. The molecular weight excluding hydrogens is 256 g/mol. The molecule has 0 saturated carbocycles. The number of amides is 1. The molecule has 6 nitrogen and oxygen atoms in total. The minimum atomic E-state index is 0.00723. The van der Waals surface area contributed by atoms with Crippen molar-refractivity contribution >= 4 is 5.91 Å². The Kier molecular flexibility index (Phi) is 4.45. The van der Waals surface area contributed by atoms with Crippen molar-refractivity contribution in [3.05, 3.63) is 17.5 Å². The van der Waals surface area contributed by atoms with Crippen LogP contribution in [0.3, 0.4) is 0 Å². The van der Waals surface area contributed by atoms with Crippen molar-refractivity contribution in [3.63, 3.8) is 0 Å². The van der Waals surface area contributed by atoms with Crippen LogP contribution in [0.4, 0.5) is 0 Å². The zero-order valence-corrected chi connectivity index (χ0v) is 12.7. The van der Waals surface area contributed by atoms with Gasteiger partial charge in [0.1, 0.15) is 5.69 Å². The maximum Gasteiger partial charge on any atom is 0.272 e. The lowest BCUT2D eigenvalue weighted by atomic mass is 9.97. The van der Waals surface area contributed by atoms with Crippen LogP contribution in [0.2, 0.25) is 0 Å². The van der Waals surface area contributed by atoms with Gasteiger partial charge in [0.25, 0.3) is 5.91 Å². The number of carbonyl (C=O) groups is 1. The molecule has 0 unspecified atom stereocenters. The zero-order chi connectivity index (χ0) is 14.9. The molecule has 1 aromatic heterocycles. The molecule has 1 aliphatic rings. The van der Waals surface area contributed by atoms with Crippen LogP contribution in [-0.4, -0.2) is 70.9 Å². The number of likely N-dealkylation sites (tertiary alicyclic amines) is 1. The molecule has 0 bridgehead atoms. The number of hydrogen-bond acceptors (Lipinski definition) is 4. The number of aliphatic hydroxyl groups excluding tert-OH is 1. The number of carbonyl (C=O) groups excluding carboxylic acids is 1. The molecule has 0 spiro atoms. The largest absolute Gasteiger partial charge is 0.396 e. The Morgan fingerprint density at radius 1 is 1.45 bits per heavy atom. The standard InChI is InChI=1S/C14H24N4O2/c1-10-5-13(17(4)15-10)14(20)18-7-11(6-16(2)3)12(8-18)9-19/h5,11-12,19H,6-9H2,1-4H3/t11-,12-/m1/s1. The number of aryl methyl sites for hydroxylation is 2. The van der Waals surface area contributed by atoms with Crippen LogP contribution in [0.15, 0.2) is 6.07 Å². The van der Waals surface area contributed by atoms with Gasteiger partial charge in [0.2, 0.25) is 0 Å². The van der Waals surface area contributed by atoms with Crippen molar-refractivity contribution in [1.29, 1.82) is 0 Å². The molecule has 1 aliphatic heterocycles. The summed E-state index contributed by atoms with van der Waals surface area (Å²) in [5.74, 6) is 0.497. The van der Waals surface area contributed by atoms with Crippen molar-refractivity contribution in [1.82, 2.24) is 19.6 Å². The monoisotopic (exact) mass is 280 g/mol. The van der Waals surface area contributed by atoms with Gasteiger partial charge in [-0.3, -0.25) is 9.48 Å². The van der Waals surface area contributed by atoms with Gasteiger partial charge in [-0.05, 0) is 33.0 Å². The molecule has 2 heterocycles. The van der Waals surface area contributed by atoms with Gasteiger partial charge in [0, 0.05) is 39.2 Å². The van der Waals surface area contributed by atoms with Crippen LogP contribution in [0, 0.1) is 18.8 Å². The summed E-state index contributed by atoms with van der Waals surface area (Å²) in [6, 6.07) is 1.82. The maximum absolute atomic E-state index is 12.5. The second-order valence-electron chi connectivity index (χ2n) is 5.97. The van der Waals surface area contributed by atoms with E-state index in [1.54, 1.807) is 11.7 Å². The predicted octanol–water partition coefficient (Wildman–Crippen LogP) is -0.0294. The second-order valence-corrected chi connectivity index (χ2v) is 5.97. The molecule has 2 atom stereocenters. The average molecular weight is 280 g/mol. The van der Waals surface area contributed by atoms with Crippen LogP contribution in [0.25, 0.3) is 0 Å². The predicted molar refractivity (Wildman–Crippen MR) is 76.5 cm³/mol. The summed E-state index contributed by atoms with van der Waals surface area (Å²) < 4.78 is 1.63. The van der Waals surface area contributed by atoms with Gasteiger partial charge in [-0.1, -0.05) is 0 Å². The van der Waals surface area contributed by atoms with E-state index >= 15 is 0 Å². The molecule has 1 fully saturated rings. The molecule has 0 radical (unpaired) electrons. The van der Waals surface area contributed by atoms with Crippen LogP contribution < -0.4 is 0 Å². The van der Waals surface area contributed by atoms with Crippen LogP contribution in [0.5, 0.6) is 0 Å². The fourth-order valence-corrected chi connectivity index (χ4v) is 2.96. The summed E-state index contributed by atoms with van der Waals surface area (Å²) in [6.45, 7) is 4.22. The van der Waals surface area contributed by atoms with E-state index in [0.717, 1.165) is 12.2 Å². The third kappa shape index (κ3) is 3.02. The Morgan fingerprint density at radius 3 is 2.60 bits per heavy atom. The van der Waals surface area contributed by atoms with E-state index in [4.69, 9.17) is 0 Å². The molecule has 20 heavy (non-hydrogen) atoms. The van der Waals surface area contributed by atoms with Crippen molar-refractivity contribution in [2.45, 2.75) is 6.92 Å². The summed E-state index contributed by atoms with van der Waals surface area (Å²) in [5, 5.41) is 13.7. The lowest BCUT2D eigenvalue weighted by Gasteiger charge is -2.20. The first-order valence-corrected chi connectivity index (χ1v) is 6.98. The van der Waals surface area contributed by atoms with E-state index in [1.165, 1.54) is 0 Å². The van der Waals surface area contributed by atoms with Gasteiger partial charge in [-0.25, -0.2) is 0 Å². The Morgan fingerprint density at radius 2 is 2.10 bits per heavy atom. The fraction of sp³-hybridized carbons (Fsp3) is 0.714. The minimum absolute atomic E-state index is 0.00723. The first-order valence-electron chi connectivity index (χ1n) is 6.98. The molecule has 1 aromatic rings. The normalized spacial score (nSPS) is 22.8. The van der Waals surface area contributed by atoms with E-state index in [0.29, 0.717) is 24.7 Å².